The van der Waals surface area contributed by atoms with Crippen molar-refractivity contribution in [3.63, 3.8) is 0 Å². The zero-order valence-corrected chi connectivity index (χ0v) is 34.3. The van der Waals surface area contributed by atoms with E-state index in [0.29, 0.717) is 5.92 Å². The predicted octanol–water partition coefficient (Wildman–Crippen LogP) is 15.5. The van der Waals surface area contributed by atoms with Crippen LogP contribution in [0.15, 0.2) is 234 Å². The summed E-state index contributed by atoms with van der Waals surface area (Å²) in [5.41, 5.74) is 19.6. The van der Waals surface area contributed by atoms with Crippen molar-refractivity contribution in [2.24, 2.45) is 0 Å². The largest absolute Gasteiger partial charge is 0.0894 e. The Hall–Kier alpha value is -6.67. The molecule has 2 aliphatic rings. The minimum absolute atomic E-state index is 0.386. The number of aryl methyl sites for hydroxylation is 1. The number of hydrogen-bond acceptors (Lipinski definition) is 1. The fraction of sp³-hybridized carbons (Fsp3) is 0.0847. The van der Waals surface area contributed by atoms with Crippen molar-refractivity contribution in [2.45, 2.75) is 40.4 Å². The quantitative estimate of drug-likeness (QED) is 0.140. The highest BCUT2D eigenvalue weighted by Crippen LogP contribution is 2.63. The van der Waals surface area contributed by atoms with E-state index in [2.05, 4.69) is 224 Å². The summed E-state index contributed by atoms with van der Waals surface area (Å²) in [6.45, 7) is 0. The van der Waals surface area contributed by atoms with Crippen LogP contribution in [-0.4, -0.2) is 0 Å². The first-order valence-electron chi connectivity index (χ1n) is 21.2. The Kier molecular flexibility index (Phi) is 9.40. The summed E-state index contributed by atoms with van der Waals surface area (Å²) in [6, 6.07) is 83.7. The summed E-state index contributed by atoms with van der Waals surface area (Å²) in [7, 11) is 0. The summed E-state index contributed by atoms with van der Waals surface area (Å²) in [5.74, 6) is 0.386. The molecule has 1 atom stereocenters. The maximum Gasteiger partial charge on any atom is 0.0741 e. The van der Waals surface area contributed by atoms with E-state index in [1.54, 1.807) is 0 Å². The van der Waals surface area contributed by atoms with Gasteiger partial charge in [-0.2, -0.15) is 0 Å². The van der Waals surface area contributed by atoms with Crippen molar-refractivity contribution >= 4 is 11.8 Å². The molecule has 0 amide bonds. The van der Waals surface area contributed by atoms with E-state index < -0.39 is 5.41 Å². The van der Waals surface area contributed by atoms with Crippen molar-refractivity contribution in [3.8, 4) is 44.5 Å². The molecular weight excluding hydrogens is 741 g/mol. The second-order valence-corrected chi connectivity index (χ2v) is 17.4. The summed E-state index contributed by atoms with van der Waals surface area (Å²) < 4.78 is 0. The van der Waals surface area contributed by atoms with Crippen LogP contribution in [0.25, 0.3) is 44.5 Å². The molecule has 0 radical (unpaired) electrons. The van der Waals surface area contributed by atoms with E-state index in [1.165, 1.54) is 93.2 Å². The van der Waals surface area contributed by atoms with E-state index in [1.807, 2.05) is 11.8 Å². The highest BCUT2D eigenvalue weighted by Gasteiger charge is 2.51. The van der Waals surface area contributed by atoms with Crippen molar-refractivity contribution in [3.05, 3.63) is 263 Å². The van der Waals surface area contributed by atoms with Crippen LogP contribution < -0.4 is 0 Å². The minimum Gasteiger partial charge on any atom is -0.0894 e. The Morgan fingerprint density at radius 2 is 0.817 bits per heavy atom. The van der Waals surface area contributed by atoms with Crippen molar-refractivity contribution in [1.82, 2.24) is 0 Å². The third kappa shape index (κ3) is 6.33. The molecule has 0 N–H and O–H groups in total. The summed E-state index contributed by atoms with van der Waals surface area (Å²) in [6.07, 6.45) is 3.07. The molecule has 0 bridgehead atoms. The van der Waals surface area contributed by atoms with Gasteiger partial charge in [0.15, 0.2) is 0 Å². The van der Waals surface area contributed by atoms with Gasteiger partial charge in [-0.15, -0.1) is 0 Å². The summed E-state index contributed by atoms with van der Waals surface area (Å²) >= 11 is 1.90. The first kappa shape index (κ1) is 36.4. The van der Waals surface area contributed by atoms with Gasteiger partial charge in [0.2, 0.25) is 0 Å². The second-order valence-electron chi connectivity index (χ2n) is 16.3. The van der Waals surface area contributed by atoms with Crippen molar-refractivity contribution in [2.75, 3.05) is 0 Å². The molecule has 1 aliphatic carbocycles. The van der Waals surface area contributed by atoms with Gasteiger partial charge in [0.05, 0.1) is 5.41 Å². The Morgan fingerprint density at radius 3 is 1.45 bits per heavy atom. The van der Waals surface area contributed by atoms with E-state index in [9.17, 15) is 0 Å². The molecule has 0 aromatic heterocycles. The average molecular weight is 785 g/mol. The Labute approximate surface area is 358 Å². The lowest BCUT2D eigenvalue weighted by molar-refractivity contribution is 0.621. The van der Waals surface area contributed by atoms with Gasteiger partial charge < -0.3 is 0 Å². The predicted molar refractivity (Wildman–Crippen MR) is 252 cm³/mol. The van der Waals surface area contributed by atoms with E-state index in [-0.39, 0.29) is 0 Å². The zero-order chi connectivity index (χ0) is 39.9. The Balaban J connectivity index is 0.926. The van der Waals surface area contributed by atoms with E-state index >= 15 is 0 Å². The van der Waals surface area contributed by atoms with Crippen LogP contribution in [0.2, 0.25) is 0 Å². The van der Waals surface area contributed by atoms with Crippen LogP contribution in [0.1, 0.15) is 51.3 Å². The average Bonchev–Trinajstić information content (AvgIpc) is 3.62. The van der Waals surface area contributed by atoms with Gasteiger partial charge in [-0.25, -0.2) is 0 Å². The highest BCUT2D eigenvalue weighted by molar-refractivity contribution is 7.99. The number of fused-ring (bicyclic) bond motifs is 9. The van der Waals surface area contributed by atoms with E-state index in [0.717, 1.165) is 19.3 Å². The monoisotopic (exact) mass is 784 g/mol. The Bertz CT molecular complexity index is 2900. The fourth-order valence-corrected chi connectivity index (χ4v) is 11.3. The molecule has 1 heterocycles. The first-order valence-corrected chi connectivity index (χ1v) is 22.0. The topological polar surface area (TPSA) is 0 Å². The third-order valence-corrected chi connectivity index (χ3v) is 14.1. The normalized spacial score (nSPS) is 13.5. The van der Waals surface area contributed by atoms with Crippen LogP contribution in [0, 0.1) is 0 Å². The van der Waals surface area contributed by atoms with Crippen molar-refractivity contribution in [1.29, 1.82) is 0 Å². The van der Waals surface area contributed by atoms with Crippen LogP contribution in [0.5, 0.6) is 0 Å². The van der Waals surface area contributed by atoms with Gasteiger partial charge in [0, 0.05) is 9.79 Å². The van der Waals surface area contributed by atoms with E-state index in [4.69, 9.17) is 0 Å². The zero-order valence-electron chi connectivity index (χ0n) is 33.5. The number of benzene rings is 9. The molecule has 0 saturated carbocycles. The lowest BCUT2D eigenvalue weighted by Crippen LogP contribution is -2.32. The van der Waals surface area contributed by atoms with Crippen LogP contribution >= 0.6 is 11.8 Å². The third-order valence-electron chi connectivity index (χ3n) is 12.9. The van der Waals surface area contributed by atoms with Crippen LogP contribution in [-0.2, 0) is 18.3 Å². The second kappa shape index (κ2) is 15.5. The standard InChI is InChI=1S/C59H44S/c1-3-14-43(15-4-1)45-31-29-42(30-32-45)40-49(47-38-36-46(37-39-47)44-16-5-2-6-17-44)35-28-41-26-33-48(34-27-41)50-19-13-20-52-51-18-7-8-21-53(51)59(58(50)52)54-22-9-11-24-56(54)60-57-25-12-10-23-55(57)59/h1-27,29-34,36-39,49H,28,35,40H2. The molecule has 0 fully saturated rings. The molecule has 9 aromatic rings. The molecule has 1 unspecified atom stereocenters. The van der Waals surface area contributed by atoms with Gasteiger partial charge in [0.1, 0.15) is 0 Å². The van der Waals surface area contributed by atoms with Gasteiger partial charge in [-0.05, 0) is 121 Å². The number of hydrogen-bond donors (Lipinski definition) is 0. The summed E-state index contributed by atoms with van der Waals surface area (Å²) in [4.78, 5) is 2.67. The molecule has 60 heavy (non-hydrogen) atoms. The lowest BCUT2D eigenvalue weighted by Gasteiger charge is -2.40. The molecule has 286 valence electrons. The molecule has 1 aliphatic heterocycles. The molecule has 1 heteroatoms. The molecule has 0 saturated heterocycles. The SMILES string of the molecule is c1ccc(-c2ccc(CC(CCc3ccc(-c4cccc5c4C4(c6ccccc6Sc6ccccc64)c4ccccc4-5)cc3)c3ccc(-c4ccccc4)cc3)cc2)cc1. The molecular formula is C59H44S. The van der Waals surface area contributed by atoms with Crippen LogP contribution in [0.3, 0.4) is 0 Å². The van der Waals surface area contributed by atoms with Gasteiger partial charge in [0.25, 0.3) is 0 Å². The maximum atomic E-state index is 2.38. The first-order chi connectivity index (χ1) is 29.7. The van der Waals surface area contributed by atoms with Gasteiger partial charge in [-0.1, -0.05) is 224 Å². The smallest absolute Gasteiger partial charge is 0.0741 e. The summed E-state index contributed by atoms with van der Waals surface area (Å²) in [5, 5.41) is 0. The molecule has 0 nitrogen and oxygen atoms in total. The lowest BCUT2D eigenvalue weighted by atomic mass is 9.66. The van der Waals surface area contributed by atoms with Crippen LogP contribution in [0.4, 0.5) is 0 Å². The Morgan fingerprint density at radius 1 is 0.350 bits per heavy atom. The minimum atomic E-state index is -0.401. The fourth-order valence-electron chi connectivity index (χ4n) is 10.1. The molecule has 9 aromatic carbocycles. The molecule has 11 rings (SSSR count). The maximum absolute atomic E-state index is 2.38. The molecule has 1 spiro atoms. The number of rotatable bonds is 9. The van der Waals surface area contributed by atoms with Gasteiger partial charge >= 0.3 is 0 Å². The van der Waals surface area contributed by atoms with Crippen molar-refractivity contribution < 1.29 is 0 Å². The highest BCUT2D eigenvalue weighted by atomic mass is 32.2. The van der Waals surface area contributed by atoms with Gasteiger partial charge in [-0.3, -0.25) is 0 Å².